The van der Waals surface area contributed by atoms with E-state index < -0.39 is 24.3 Å². The van der Waals surface area contributed by atoms with Crippen molar-refractivity contribution in [2.75, 3.05) is 46.9 Å². The number of hydrogen-bond acceptors (Lipinski definition) is 9. The van der Waals surface area contributed by atoms with Gasteiger partial charge in [0.25, 0.3) is 0 Å². The van der Waals surface area contributed by atoms with Crippen molar-refractivity contribution in [2.45, 2.75) is 252 Å². The molecule has 1 atom stereocenters. The number of carbonyl (C=O) groups is 4. The molecule has 0 N–H and O–H groups in total. The molecule has 0 aliphatic carbocycles. The molecule has 1 unspecified atom stereocenters. The first-order chi connectivity index (χ1) is 33.2. The standard InChI is InChI=1S/C58H104N2O8/c1-7-11-14-17-20-22-24-26-28-30-32-34-36-39-42-45-55(61)65-51-54(52-66-56(62)46-43-40-37-35-33-31-29-27-25-23-21-18-15-12-8-2)67-57(63)48-47-53(44-41-38-19-16-13-9-3)68-58(64)60(6)50-49-59(5)10-4/h20-23,26-29,53-54H,7-19,24-25,30-52H2,1-6H3/b22-20-,23-21-,28-26-,29-27-. The second-order valence-corrected chi connectivity index (χ2v) is 18.9. The molecule has 0 heterocycles. The number of carbonyl (C=O) groups excluding carboxylic acids is 4. The van der Waals surface area contributed by atoms with Crippen LogP contribution in [0.3, 0.4) is 0 Å². The Bertz CT molecular complexity index is 1250. The summed E-state index contributed by atoms with van der Waals surface area (Å²) in [4.78, 5) is 55.7. The summed E-state index contributed by atoms with van der Waals surface area (Å²) in [5.74, 6) is -1.21. The number of esters is 3. The van der Waals surface area contributed by atoms with Gasteiger partial charge in [-0.2, -0.15) is 0 Å². The Balaban J connectivity index is 5.07. The third-order valence-corrected chi connectivity index (χ3v) is 12.3. The molecule has 0 saturated carbocycles. The first-order valence-electron chi connectivity index (χ1n) is 27.9. The maximum absolute atomic E-state index is 13.3. The van der Waals surface area contributed by atoms with E-state index in [9.17, 15) is 19.2 Å². The SMILES string of the molecule is CCCCC/C=C\C/C=C\CCCCCCCC(=O)OCC(COC(=O)CCCCCCC/C=C\C/C=C\CCCCC)OC(=O)CCC(CCCCCCCC)OC(=O)N(C)CCN(C)CC. The molecule has 10 nitrogen and oxygen atoms in total. The van der Waals surface area contributed by atoms with Gasteiger partial charge in [-0.05, 0) is 110 Å². The van der Waals surface area contributed by atoms with Gasteiger partial charge < -0.3 is 28.7 Å². The highest BCUT2D eigenvalue weighted by atomic mass is 16.6. The van der Waals surface area contributed by atoms with Crippen LogP contribution in [0, 0.1) is 0 Å². The molecule has 10 heteroatoms. The van der Waals surface area contributed by atoms with Gasteiger partial charge >= 0.3 is 24.0 Å². The number of ether oxygens (including phenoxy) is 4. The minimum absolute atomic E-state index is 0.0202. The van der Waals surface area contributed by atoms with E-state index in [1.54, 1.807) is 11.9 Å². The highest BCUT2D eigenvalue weighted by molar-refractivity contribution is 5.71. The van der Waals surface area contributed by atoms with Crippen molar-refractivity contribution in [1.29, 1.82) is 0 Å². The third kappa shape index (κ3) is 45.1. The topological polar surface area (TPSA) is 112 Å². The molecular formula is C58H104N2O8. The number of nitrogens with zero attached hydrogens (tertiary/aromatic N) is 2. The van der Waals surface area contributed by atoms with Gasteiger partial charge in [-0.3, -0.25) is 14.4 Å². The van der Waals surface area contributed by atoms with Crippen molar-refractivity contribution in [2.24, 2.45) is 0 Å². The molecule has 0 radical (unpaired) electrons. The Morgan fingerprint density at radius 3 is 1.29 bits per heavy atom. The summed E-state index contributed by atoms with van der Waals surface area (Å²) in [5, 5.41) is 0. The Hall–Kier alpha value is -3.40. The van der Waals surface area contributed by atoms with Crippen molar-refractivity contribution >= 4 is 24.0 Å². The van der Waals surface area contributed by atoms with Crippen LogP contribution in [0.4, 0.5) is 4.79 Å². The smallest absolute Gasteiger partial charge is 0.409 e. The molecular weight excluding hydrogens is 853 g/mol. The molecule has 0 saturated heterocycles. The van der Waals surface area contributed by atoms with Gasteiger partial charge in [0.05, 0.1) is 0 Å². The van der Waals surface area contributed by atoms with Crippen LogP contribution in [0.1, 0.15) is 240 Å². The lowest BCUT2D eigenvalue weighted by Gasteiger charge is -2.24. The van der Waals surface area contributed by atoms with Crippen LogP contribution in [-0.4, -0.2) is 93.0 Å². The predicted octanol–water partition coefficient (Wildman–Crippen LogP) is 15.5. The Morgan fingerprint density at radius 2 is 0.824 bits per heavy atom. The van der Waals surface area contributed by atoms with E-state index in [2.05, 4.69) is 81.2 Å². The molecule has 0 bridgehead atoms. The van der Waals surface area contributed by atoms with Crippen molar-refractivity contribution in [1.82, 2.24) is 9.80 Å². The normalized spacial score (nSPS) is 12.4. The van der Waals surface area contributed by atoms with Crippen LogP contribution in [-0.2, 0) is 33.3 Å². The highest BCUT2D eigenvalue weighted by Crippen LogP contribution is 2.17. The fourth-order valence-corrected chi connectivity index (χ4v) is 7.53. The average Bonchev–Trinajstić information content (AvgIpc) is 3.33. The largest absolute Gasteiger partial charge is 0.462 e. The quantitative estimate of drug-likeness (QED) is 0.0255. The van der Waals surface area contributed by atoms with E-state index in [4.69, 9.17) is 18.9 Å². The summed E-state index contributed by atoms with van der Waals surface area (Å²) in [6.45, 7) is 10.5. The molecule has 0 aromatic heterocycles. The fourth-order valence-electron chi connectivity index (χ4n) is 7.53. The Labute approximate surface area is 417 Å². The van der Waals surface area contributed by atoms with Gasteiger partial charge in [0, 0.05) is 39.4 Å². The van der Waals surface area contributed by atoms with Gasteiger partial charge in [-0.15, -0.1) is 0 Å². The van der Waals surface area contributed by atoms with Crippen molar-refractivity contribution < 1.29 is 38.1 Å². The minimum Gasteiger partial charge on any atom is -0.462 e. The first kappa shape index (κ1) is 64.6. The summed E-state index contributed by atoms with van der Waals surface area (Å²) < 4.78 is 22.9. The number of allylic oxidation sites excluding steroid dienone is 8. The summed E-state index contributed by atoms with van der Waals surface area (Å²) >= 11 is 0. The molecule has 0 rings (SSSR count). The van der Waals surface area contributed by atoms with Crippen LogP contribution in [0.5, 0.6) is 0 Å². The van der Waals surface area contributed by atoms with Gasteiger partial charge in [-0.25, -0.2) is 4.79 Å². The van der Waals surface area contributed by atoms with E-state index >= 15 is 0 Å². The van der Waals surface area contributed by atoms with E-state index in [0.717, 1.165) is 122 Å². The zero-order valence-corrected chi connectivity index (χ0v) is 44.8. The second kappa shape index (κ2) is 50.0. The van der Waals surface area contributed by atoms with Gasteiger partial charge in [0.1, 0.15) is 19.3 Å². The maximum Gasteiger partial charge on any atom is 0.409 e. The lowest BCUT2D eigenvalue weighted by molar-refractivity contribution is -0.167. The summed E-state index contributed by atoms with van der Waals surface area (Å²) in [6.07, 6.45) is 48.7. The monoisotopic (exact) mass is 957 g/mol. The number of unbranched alkanes of at least 4 members (excludes halogenated alkanes) is 21. The van der Waals surface area contributed by atoms with E-state index in [-0.39, 0.29) is 44.4 Å². The molecule has 0 aromatic carbocycles. The van der Waals surface area contributed by atoms with Crippen LogP contribution >= 0.6 is 0 Å². The van der Waals surface area contributed by atoms with Crippen LogP contribution in [0.25, 0.3) is 0 Å². The molecule has 394 valence electrons. The van der Waals surface area contributed by atoms with E-state index in [0.29, 0.717) is 19.4 Å². The van der Waals surface area contributed by atoms with Crippen molar-refractivity contribution in [3.05, 3.63) is 48.6 Å². The predicted molar refractivity (Wildman–Crippen MR) is 284 cm³/mol. The average molecular weight is 957 g/mol. The number of rotatable bonds is 48. The number of amides is 1. The lowest BCUT2D eigenvalue weighted by Crippen LogP contribution is -2.37. The summed E-state index contributed by atoms with van der Waals surface area (Å²) in [6, 6.07) is 0. The zero-order valence-electron chi connectivity index (χ0n) is 44.8. The summed E-state index contributed by atoms with van der Waals surface area (Å²) in [7, 11) is 3.75. The highest BCUT2D eigenvalue weighted by Gasteiger charge is 2.23. The Morgan fingerprint density at radius 1 is 0.412 bits per heavy atom. The van der Waals surface area contributed by atoms with Crippen molar-refractivity contribution in [3.63, 3.8) is 0 Å². The van der Waals surface area contributed by atoms with Gasteiger partial charge in [0.15, 0.2) is 6.10 Å². The molecule has 0 aliphatic rings. The number of hydrogen-bond donors (Lipinski definition) is 0. The lowest BCUT2D eigenvalue weighted by atomic mass is 10.0. The molecule has 68 heavy (non-hydrogen) atoms. The van der Waals surface area contributed by atoms with Crippen LogP contribution < -0.4 is 0 Å². The molecule has 0 fully saturated rings. The van der Waals surface area contributed by atoms with Gasteiger partial charge in [-0.1, -0.05) is 173 Å². The number of likely N-dealkylation sites (N-methyl/N-ethyl adjacent to an activating group) is 2. The first-order valence-corrected chi connectivity index (χ1v) is 27.9. The molecule has 0 aliphatic heterocycles. The molecule has 1 amide bonds. The third-order valence-electron chi connectivity index (χ3n) is 12.3. The second-order valence-electron chi connectivity index (χ2n) is 18.9. The van der Waals surface area contributed by atoms with Gasteiger partial charge in [0.2, 0.25) is 0 Å². The van der Waals surface area contributed by atoms with Crippen LogP contribution in [0.2, 0.25) is 0 Å². The minimum atomic E-state index is -0.925. The fraction of sp³-hybridized carbons (Fsp3) is 0.793. The molecule has 0 aromatic rings. The van der Waals surface area contributed by atoms with E-state index in [1.165, 1.54) is 70.6 Å². The zero-order chi connectivity index (χ0) is 50.0. The summed E-state index contributed by atoms with van der Waals surface area (Å²) in [5.41, 5.74) is 0. The van der Waals surface area contributed by atoms with E-state index in [1.807, 2.05) is 7.05 Å². The molecule has 0 spiro atoms. The van der Waals surface area contributed by atoms with Crippen LogP contribution in [0.15, 0.2) is 48.6 Å². The van der Waals surface area contributed by atoms with Crippen molar-refractivity contribution in [3.8, 4) is 0 Å². The Kier molecular flexibility index (Phi) is 47.5. The maximum atomic E-state index is 13.3.